The largest absolute Gasteiger partial charge is 0.507 e. The lowest BCUT2D eigenvalue weighted by Gasteiger charge is -1.85. The first kappa shape index (κ1) is 7.64. The van der Waals surface area contributed by atoms with Crippen molar-refractivity contribution in [2.24, 2.45) is 0 Å². The van der Waals surface area contributed by atoms with Gasteiger partial charge in [0.1, 0.15) is 11.5 Å². The van der Waals surface area contributed by atoms with Crippen molar-refractivity contribution in [3.05, 3.63) is 22.9 Å². The Morgan fingerprint density at radius 2 is 1.25 bits per heavy atom. The van der Waals surface area contributed by atoms with Gasteiger partial charge in [-0.2, -0.15) is 0 Å². The average molecular weight is 198 g/mol. The molecule has 0 fully saturated rings. The molecule has 0 aliphatic rings. The van der Waals surface area contributed by atoms with E-state index in [2.05, 4.69) is 0 Å². The molecule has 0 aliphatic carbocycles. The molecular formula is C8H6O2S2. The van der Waals surface area contributed by atoms with Gasteiger partial charge in [0.2, 0.25) is 0 Å². The van der Waals surface area contributed by atoms with Gasteiger partial charge < -0.3 is 10.2 Å². The van der Waals surface area contributed by atoms with Crippen LogP contribution in [0.3, 0.4) is 0 Å². The van der Waals surface area contributed by atoms with Crippen LogP contribution in [0.1, 0.15) is 0 Å². The third kappa shape index (κ3) is 1.31. The van der Waals surface area contributed by atoms with E-state index in [1.807, 2.05) is 0 Å². The zero-order valence-electron chi connectivity index (χ0n) is 6.02. The first-order chi connectivity index (χ1) is 5.75. The maximum absolute atomic E-state index is 9.07. The fraction of sp³-hybridized carbons (Fsp3) is 0. The second-order valence-corrected chi connectivity index (χ2v) is 4.16. The van der Waals surface area contributed by atoms with Crippen molar-refractivity contribution in [1.82, 2.24) is 0 Å². The summed E-state index contributed by atoms with van der Waals surface area (Å²) in [4.78, 5) is 1.97. The molecule has 12 heavy (non-hydrogen) atoms. The summed E-state index contributed by atoms with van der Waals surface area (Å²) in [5.41, 5.74) is 0. The fourth-order valence-electron chi connectivity index (χ4n) is 0.911. The maximum atomic E-state index is 9.07. The van der Waals surface area contributed by atoms with Crippen LogP contribution >= 0.6 is 22.7 Å². The molecule has 0 atom stereocenters. The van der Waals surface area contributed by atoms with E-state index >= 15 is 0 Å². The molecule has 0 bridgehead atoms. The minimum atomic E-state index is 0.280. The van der Waals surface area contributed by atoms with Gasteiger partial charge in [-0.3, -0.25) is 0 Å². The van der Waals surface area contributed by atoms with Gasteiger partial charge in [0, 0.05) is 20.5 Å². The van der Waals surface area contributed by atoms with E-state index in [4.69, 9.17) is 10.2 Å². The highest BCUT2D eigenvalue weighted by Crippen LogP contribution is 2.36. The third-order valence-corrected chi connectivity index (χ3v) is 3.45. The molecule has 0 saturated carbocycles. The molecule has 62 valence electrons. The van der Waals surface area contributed by atoms with Crippen LogP contribution in [0.5, 0.6) is 11.5 Å². The molecule has 0 saturated heterocycles. The lowest BCUT2D eigenvalue weighted by Crippen LogP contribution is -1.57. The van der Waals surface area contributed by atoms with Crippen molar-refractivity contribution in [3.63, 3.8) is 0 Å². The van der Waals surface area contributed by atoms with Crippen molar-refractivity contribution < 1.29 is 10.2 Å². The highest BCUT2D eigenvalue weighted by Gasteiger charge is 2.04. The maximum Gasteiger partial charge on any atom is 0.126 e. The van der Waals surface area contributed by atoms with Crippen LogP contribution in [0.4, 0.5) is 0 Å². The van der Waals surface area contributed by atoms with Crippen LogP contribution in [0.15, 0.2) is 22.9 Å². The number of hydrogen-bond acceptors (Lipinski definition) is 4. The van der Waals surface area contributed by atoms with Crippen LogP contribution in [-0.2, 0) is 0 Å². The van der Waals surface area contributed by atoms with E-state index in [-0.39, 0.29) is 11.5 Å². The van der Waals surface area contributed by atoms with Gasteiger partial charge in [0.25, 0.3) is 0 Å². The van der Waals surface area contributed by atoms with Crippen molar-refractivity contribution in [2.75, 3.05) is 0 Å². The molecule has 2 rings (SSSR count). The summed E-state index contributed by atoms with van der Waals surface area (Å²) in [7, 11) is 0. The lowest BCUT2D eigenvalue weighted by atomic mass is 10.4. The Labute approximate surface area is 77.4 Å². The molecule has 2 nitrogen and oxygen atoms in total. The number of hydrogen-bond donors (Lipinski definition) is 2. The predicted molar refractivity (Wildman–Crippen MR) is 51.0 cm³/mol. The smallest absolute Gasteiger partial charge is 0.126 e. The third-order valence-electron chi connectivity index (χ3n) is 1.41. The zero-order chi connectivity index (χ0) is 8.55. The van der Waals surface area contributed by atoms with Gasteiger partial charge in [0.15, 0.2) is 0 Å². The van der Waals surface area contributed by atoms with Crippen molar-refractivity contribution >= 4 is 22.7 Å². The summed E-state index contributed by atoms with van der Waals surface area (Å²) >= 11 is 2.93. The van der Waals surface area contributed by atoms with Crippen LogP contribution in [0.2, 0.25) is 0 Å². The second-order valence-electron chi connectivity index (χ2n) is 2.34. The molecule has 2 N–H and O–H groups in total. The Hall–Kier alpha value is -1.000. The van der Waals surface area contributed by atoms with E-state index in [1.165, 1.54) is 22.7 Å². The summed E-state index contributed by atoms with van der Waals surface area (Å²) in [5, 5.41) is 21.5. The molecule has 0 amide bonds. The van der Waals surface area contributed by atoms with Gasteiger partial charge >= 0.3 is 0 Å². The predicted octanol–water partition coefficient (Wildman–Crippen LogP) is 2.89. The van der Waals surface area contributed by atoms with Gasteiger partial charge in [-0.25, -0.2) is 0 Å². The summed E-state index contributed by atoms with van der Waals surface area (Å²) < 4.78 is 0. The topological polar surface area (TPSA) is 40.5 Å². The Bertz CT molecular complexity index is 351. The number of thiophene rings is 2. The van der Waals surface area contributed by atoms with Crippen molar-refractivity contribution in [1.29, 1.82) is 0 Å². The van der Waals surface area contributed by atoms with Crippen LogP contribution in [0, 0.1) is 0 Å². The Morgan fingerprint density at radius 1 is 0.833 bits per heavy atom. The molecule has 0 radical (unpaired) electrons. The monoisotopic (exact) mass is 198 g/mol. The lowest BCUT2D eigenvalue weighted by molar-refractivity contribution is 0.477. The minimum absolute atomic E-state index is 0.280. The summed E-state index contributed by atoms with van der Waals surface area (Å²) in [6, 6.07) is 3.38. The van der Waals surface area contributed by atoms with E-state index in [9.17, 15) is 0 Å². The molecular weight excluding hydrogens is 192 g/mol. The molecule has 2 aromatic rings. The second kappa shape index (κ2) is 2.80. The summed E-state index contributed by atoms with van der Waals surface area (Å²) in [6.07, 6.45) is 0. The van der Waals surface area contributed by atoms with E-state index in [0.717, 1.165) is 9.75 Å². The average Bonchev–Trinajstić information content (AvgIpc) is 2.58. The first-order valence-electron chi connectivity index (χ1n) is 3.31. The summed E-state index contributed by atoms with van der Waals surface area (Å²) in [6.45, 7) is 0. The molecule has 0 aromatic carbocycles. The van der Waals surface area contributed by atoms with E-state index < -0.39 is 0 Å². The van der Waals surface area contributed by atoms with Crippen LogP contribution < -0.4 is 0 Å². The van der Waals surface area contributed by atoms with Gasteiger partial charge in [-0.15, -0.1) is 22.7 Å². The fourth-order valence-corrected chi connectivity index (χ4v) is 2.56. The van der Waals surface area contributed by atoms with Gasteiger partial charge in [-0.1, -0.05) is 0 Å². The molecule has 0 aliphatic heterocycles. The van der Waals surface area contributed by atoms with Crippen LogP contribution in [-0.4, -0.2) is 10.2 Å². The normalized spacial score (nSPS) is 10.3. The Morgan fingerprint density at radius 3 is 1.50 bits per heavy atom. The first-order valence-corrected chi connectivity index (χ1v) is 5.07. The highest BCUT2D eigenvalue weighted by atomic mass is 32.1. The Balaban J connectivity index is 2.43. The zero-order valence-corrected chi connectivity index (χ0v) is 7.65. The number of rotatable bonds is 1. The Kier molecular flexibility index (Phi) is 1.78. The van der Waals surface area contributed by atoms with Gasteiger partial charge in [-0.05, 0) is 12.1 Å². The summed E-state index contributed by atoms with van der Waals surface area (Å²) in [5.74, 6) is 0.561. The SMILES string of the molecule is Oc1csc(-c2cc(O)cs2)c1. The van der Waals surface area contributed by atoms with Crippen molar-refractivity contribution in [2.45, 2.75) is 0 Å². The standard InChI is InChI=1S/C8H6O2S2/c9-5-1-7(11-3-5)8-2-6(10)4-12-8/h1-4,9-10H. The van der Waals surface area contributed by atoms with E-state index in [0.29, 0.717) is 0 Å². The molecule has 4 heteroatoms. The molecule has 2 aromatic heterocycles. The minimum Gasteiger partial charge on any atom is -0.507 e. The van der Waals surface area contributed by atoms with Crippen molar-refractivity contribution in [3.8, 4) is 21.3 Å². The van der Waals surface area contributed by atoms with E-state index in [1.54, 1.807) is 22.9 Å². The van der Waals surface area contributed by atoms with Crippen LogP contribution in [0.25, 0.3) is 9.75 Å². The van der Waals surface area contributed by atoms with Gasteiger partial charge in [0.05, 0.1) is 0 Å². The molecule has 0 unspecified atom stereocenters. The highest BCUT2D eigenvalue weighted by molar-refractivity contribution is 7.20. The number of aromatic hydroxyl groups is 2. The molecule has 2 heterocycles. The quantitative estimate of drug-likeness (QED) is 0.739. The molecule has 0 spiro atoms.